The lowest BCUT2D eigenvalue weighted by molar-refractivity contribution is -0.154. The zero-order valence-corrected chi connectivity index (χ0v) is 21.3. The van der Waals surface area contributed by atoms with Gasteiger partial charge in [-0.15, -0.1) is 11.3 Å². The summed E-state index contributed by atoms with van der Waals surface area (Å²) in [6.07, 6.45) is 5.69. The second-order valence-electron chi connectivity index (χ2n) is 10.7. The van der Waals surface area contributed by atoms with Gasteiger partial charge in [-0.25, -0.2) is 4.79 Å². The highest BCUT2D eigenvalue weighted by Gasteiger charge is 2.49. The van der Waals surface area contributed by atoms with Gasteiger partial charge in [-0.3, -0.25) is 4.79 Å². The Labute approximate surface area is 201 Å². The lowest BCUT2D eigenvalue weighted by Crippen LogP contribution is -2.62. The summed E-state index contributed by atoms with van der Waals surface area (Å²) in [6.45, 7) is 9.83. The second kappa shape index (κ2) is 10.2. The average Bonchev–Trinajstić information content (AvgIpc) is 3.17. The molecular weight excluding hydrogens is 438 g/mol. The van der Waals surface area contributed by atoms with Gasteiger partial charge in [0.05, 0.1) is 29.3 Å². The SMILES string of the molecule is CC(O)CCC1(C)OCC(C2CCCCC2)N(c2cc(C#CC(C)(C)C)sc2C(=O)O)C1=O. The zero-order chi connectivity index (χ0) is 24.4. The molecule has 33 heavy (non-hydrogen) atoms. The quantitative estimate of drug-likeness (QED) is 0.561. The lowest BCUT2D eigenvalue weighted by Gasteiger charge is -2.47. The Morgan fingerprint density at radius 1 is 1.33 bits per heavy atom. The van der Waals surface area contributed by atoms with Crippen molar-refractivity contribution in [2.75, 3.05) is 11.5 Å². The van der Waals surface area contributed by atoms with Crippen molar-refractivity contribution >= 4 is 28.9 Å². The van der Waals surface area contributed by atoms with Gasteiger partial charge in [0.25, 0.3) is 5.91 Å². The van der Waals surface area contributed by atoms with Crippen LogP contribution >= 0.6 is 11.3 Å². The Bertz CT molecular complexity index is 929. The van der Waals surface area contributed by atoms with Crippen LogP contribution in [0.15, 0.2) is 6.07 Å². The molecule has 2 heterocycles. The van der Waals surface area contributed by atoms with Crippen LogP contribution in [0.1, 0.15) is 94.1 Å². The number of hydrogen-bond acceptors (Lipinski definition) is 5. The van der Waals surface area contributed by atoms with Crippen LogP contribution < -0.4 is 4.90 Å². The van der Waals surface area contributed by atoms with Crippen molar-refractivity contribution in [2.45, 2.75) is 97.3 Å². The fourth-order valence-electron chi connectivity index (χ4n) is 4.65. The van der Waals surface area contributed by atoms with Crippen molar-refractivity contribution in [1.29, 1.82) is 0 Å². The van der Waals surface area contributed by atoms with E-state index in [2.05, 4.69) is 11.8 Å². The molecule has 2 fully saturated rings. The van der Waals surface area contributed by atoms with Gasteiger partial charge in [-0.05, 0) is 72.3 Å². The van der Waals surface area contributed by atoms with Crippen molar-refractivity contribution in [3.05, 3.63) is 15.8 Å². The summed E-state index contributed by atoms with van der Waals surface area (Å²) in [5, 5.41) is 19.8. The third kappa shape index (κ3) is 6.17. The summed E-state index contributed by atoms with van der Waals surface area (Å²) in [5.74, 6) is 5.28. The summed E-state index contributed by atoms with van der Waals surface area (Å²) in [4.78, 5) is 28.6. The van der Waals surface area contributed by atoms with E-state index in [0.29, 0.717) is 30.0 Å². The maximum Gasteiger partial charge on any atom is 0.348 e. The van der Waals surface area contributed by atoms with Crippen LogP contribution in [0.5, 0.6) is 0 Å². The van der Waals surface area contributed by atoms with Crippen LogP contribution in [0.3, 0.4) is 0 Å². The van der Waals surface area contributed by atoms with E-state index in [9.17, 15) is 19.8 Å². The number of carbonyl (C=O) groups is 2. The standard InChI is InChI=1S/C26H37NO5S/c1-17(28)11-14-26(5)24(31)27(21(16-32-26)18-9-7-6-8-10-18)20-15-19(12-13-25(2,3)4)33-22(20)23(29)30/h15,17-18,21,28H,6-11,14,16H2,1-5H3,(H,29,30). The summed E-state index contributed by atoms with van der Waals surface area (Å²) in [5.41, 5.74) is -0.887. The summed E-state index contributed by atoms with van der Waals surface area (Å²) < 4.78 is 6.17. The van der Waals surface area contributed by atoms with E-state index in [1.54, 1.807) is 24.8 Å². The first-order valence-corrected chi connectivity index (χ1v) is 12.8. The van der Waals surface area contributed by atoms with Gasteiger partial charge in [0.2, 0.25) is 0 Å². The minimum absolute atomic E-state index is 0.141. The molecule has 2 N–H and O–H groups in total. The van der Waals surface area contributed by atoms with E-state index >= 15 is 0 Å². The number of carbonyl (C=O) groups excluding carboxylic acids is 1. The first-order valence-electron chi connectivity index (χ1n) is 12.0. The van der Waals surface area contributed by atoms with E-state index < -0.39 is 17.7 Å². The van der Waals surface area contributed by atoms with Crippen LogP contribution in [-0.2, 0) is 9.53 Å². The number of nitrogens with zero attached hydrogens (tertiary/aromatic N) is 1. The normalized spacial score (nSPS) is 25.5. The molecule has 1 aliphatic carbocycles. The minimum Gasteiger partial charge on any atom is -0.477 e. The van der Waals surface area contributed by atoms with Crippen molar-refractivity contribution < 1.29 is 24.5 Å². The van der Waals surface area contributed by atoms with Crippen molar-refractivity contribution in [3.8, 4) is 11.8 Å². The van der Waals surface area contributed by atoms with Gasteiger partial charge in [-0.1, -0.05) is 31.1 Å². The Kier molecular flexibility index (Phi) is 7.93. The van der Waals surface area contributed by atoms with Gasteiger partial charge in [0.1, 0.15) is 10.5 Å². The Morgan fingerprint density at radius 3 is 2.58 bits per heavy atom. The van der Waals surface area contributed by atoms with Gasteiger partial charge in [0, 0.05) is 5.41 Å². The molecule has 3 unspecified atom stereocenters. The third-order valence-corrected chi connectivity index (χ3v) is 7.56. The van der Waals surface area contributed by atoms with E-state index in [1.807, 2.05) is 20.8 Å². The van der Waals surface area contributed by atoms with Gasteiger partial charge >= 0.3 is 5.97 Å². The number of morpholine rings is 1. The highest BCUT2D eigenvalue weighted by Crippen LogP contribution is 2.41. The molecule has 1 aliphatic heterocycles. The van der Waals surface area contributed by atoms with E-state index in [0.717, 1.165) is 37.0 Å². The number of ether oxygens (including phenoxy) is 1. The van der Waals surface area contributed by atoms with Gasteiger partial charge in [-0.2, -0.15) is 0 Å². The molecule has 182 valence electrons. The molecule has 0 aromatic carbocycles. The molecule has 1 aromatic rings. The van der Waals surface area contributed by atoms with Crippen LogP contribution in [0, 0.1) is 23.2 Å². The number of anilines is 1. The van der Waals surface area contributed by atoms with Crippen LogP contribution in [-0.4, -0.2) is 46.4 Å². The van der Waals surface area contributed by atoms with Crippen molar-refractivity contribution in [3.63, 3.8) is 0 Å². The lowest BCUT2D eigenvalue weighted by atomic mass is 9.81. The fraction of sp³-hybridized carbons (Fsp3) is 0.692. The van der Waals surface area contributed by atoms with Crippen molar-refractivity contribution in [2.24, 2.45) is 11.3 Å². The minimum atomic E-state index is -1.10. The molecule has 1 amide bonds. The number of aromatic carboxylic acids is 1. The highest BCUT2D eigenvalue weighted by molar-refractivity contribution is 7.15. The maximum absolute atomic E-state index is 13.9. The van der Waals surface area contributed by atoms with Crippen LogP contribution in [0.2, 0.25) is 0 Å². The molecule has 3 atom stereocenters. The number of aliphatic hydroxyl groups is 1. The molecule has 2 aliphatic rings. The highest BCUT2D eigenvalue weighted by atomic mass is 32.1. The summed E-state index contributed by atoms with van der Waals surface area (Å²) in [7, 11) is 0. The van der Waals surface area contributed by atoms with Gasteiger partial charge < -0.3 is 19.8 Å². The van der Waals surface area contributed by atoms with Crippen LogP contribution in [0.25, 0.3) is 0 Å². The third-order valence-electron chi connectivity index (χ3n) is 6.54. The molecule has 7 heteroatoms. The first kappa shape index (κ1) is 25.7. The average molecular weight is 476 g/mol. The molecule has 0 spiro atoms. The number of carboxylic acid groups (broad SMARTS) is 1. The Balaban J connectivity index is 2.06. The maximum atomic E-state index is 13.9. The molecule has 0 bridgehead atoms. The number of aliphatic hydroxyl groups excluding tert-OH is 1. The van der Waals surface area contributed by atoms with Gasteiger partial charge in [0.15, 0.2) is 0 Å². The predicted molar refractivity (Wildman–Crippen MR) is 131 cm³/mol. The van der Waals surface area contributed by atoms with E-state index in [-0.39, 0.29) is 28.2 Å². The van der Waals surface area contributed by atoms with Crippen molar-refractivity contribution in [1.82, 2.24) is 0 Å². The number of amides is 1. The monoisotopic (exact) mass is 475 g/mol. The number of thiophene rings is 1. The first-order chi connectivity index (χ1) is 15.4. The second-order valence-corrected chi connectivity index (χ2v) is 11.8. The molecular formula is C26H37NO5S. The zero-order valence-electron chi connectivity index (χ0n) is 20.4. The molecule has 3 rings (SSSR count). The van der Waals surface area contributed by atoms with E-state index in [1.165, 1.54) is 6.42 Å². The van der Waals surface area contributed by atoms with Crippen LogP contribution in [0.4, 0.5) is 5.69 Å². The topological polar surface area (TPSA) is 87.1 Å². The molecule has 0 radical (unpaired) electrons. The van der Waals surface area contributed by atoms with E-state index in [4.69, 9.17) is 4.74 Å². The molecule has 6 nitrogen and oxygen atoms in total. The summed E-state index contributed by atoms with van der Waals surface area (Å²) in [6, 6.07) is 1.56. The predicted octanol–water partition coefficient (Wildman–Crippen LogP) is 5.08. The smallest absolute Gasteiger partial charge is 0.348 e. The Morgan fingerprint density at radius 2 is 2.00 bits per heavy atom. The number of rotatable bonds is 6. The summed E-state index contributed by atoms with van der Waals surface area (Å²) >= 11 is 1.12. The molecule has 1 saturated carbocycles. The largest absolute Gasteiger partial charge is 0.477 e. The molecule has 1 saturated heterocycles. The number of hydrogen-bond donors (Lipinski definition) is 2. The fourth-order valence-corrected chi connectivity index (χ4v) is 5.49. The Hall–Kier alpha value is -1.88. The number of carboxylic acids is 1. The molecule has 1 aromatic heterocycles.